The van der Waals surface area contributed by atoms with Gasteiger partial charge in [-0.15, -0.1) is 11.8 Å². The molecule has 2 rings (SSSR count). The maximum atomic E-state index is 5.82. The molecule has 0 aliphatic rings. The topological polar surface area (TPSA) is 38.9 Å². The highest BCUT2D eigenvalue weighted by Crippen LogP contribution is 2.26. The van der Waals surface area contributed by atoms with Gasteiger partial charge in [-0.05, 0) is 38.0 Å². The summed E-state index contributed by atoms with van der Waals surface area (Å²) < 4.78 is 0. The Morgan fingerprint density at radius 2 is 1.79 bits per heavy atom. The second-order valence-corrected chi connectivity index (χ2v) is 5.86. The van der Waals surface area contributed by atoms with Crippen LogP contribution in [0.3, 0.4) is 0 Å². The van der Waals surface area contributed by atoms with Crippen LogP contribution in [0.5, 0.6) is 0 Å². The maximum absolute atomic E-state index is 5.82. The molecule has 1 heterocycles. The third kappa shape index (κ3) is 3.58. The van der Waals surface area contributed by atoms with Crippen molar-refractivity contribution in [1.82, 2.24) is 4.98 Å². The molecular weight excluding hydrogens is 252 g/mol. The molecule has 3 heteroatoms. The SMILES string of the molecule is Cc1cc(C)cc(CSc2nccc(C)c2CN)c1. The van der Waals surface area contributed by atoms with Crippen molar-refractivity contribution in [1.29, 1.82) is 0 Å². The Bertz CT molecular complexity index is 559. The van der Waals surface area contributed by atoms with Gasteiger partial charge in [-0.2, -0.15) is 0 Å². The first-order valence-electron chi connectivity index (χ1n) is 6.44. The molecule has 19 heavy (non-hydrogen) atoms. The molecule has 0 spiro atoms. The van der Waals surface area contributed by atoms with Gasteiger partial charge in [0.15, 0.2) is 0 Å². The number of hydrogen-bond donors (Lipinski definition) is 1. The quantitative estimate of drug-likeness (QED) is 0.861. The average Bonchev–Trinajstić information content (AvgIpc) is 2.35. The maximum Gasteiger partial charge on any atom is 0.101 e. The van der Waals surface area contributed by atoms with Crippen LogP contribution in [-0.2, 0) is 12.3 Å². The van der Waals surface area contributed by atoms with Gasteiger partial charge in [0.1, 0.15) is 5.03 Å². The Morgan fingerprint density at radius 1 is 1.11 bits per heavy atom. The number of thioether (sulfide) groups is 1. The van der Waals surface area contributed by atoms with Crippen LogP contribution in [-0.4, -0.2) is 4.98 Å². The number of rotatable bonds is 4. The summed E-state index contributed by atoms with van der Waals surface area (Å²) in [5.74, 6) is 0.936. The minimum absolute atomic E-state index is 0.550. The van der Waals surface area contributed by atoms with Crippen molar-refractivity contribution in [2.75, 3.05) is 0 Å². The van der Waals surface area contributed by atoms with Crippen molar-refractivity contribution >= 4 is 11.8 Å². The summed E-state index contributed by atoms with van der Waals surface area (Å²) in [6, 6.07) is 8.68. The number of nitrogens with zero attached hydrogens (tertiary/aromatic N) is 1. The van der Waals surface area contributed by atoms with E-state index >= 15 is 0 Å². The number of benzene rings is 1. The highest BCUT2D eigenvalue weighted by atomic mass is 32.2. The fourth-order valence-electron chi connectivity index (χ4n) is 2.24. The molecule has 100 valence electrons. The van der Waals surface area contributed by atoms with E-state index in [-0.39, 0.29) is 0 Å². The lowest BCUT2D eigenvalue weighted by Gasteiger charge is -2.10. The average molecular weight is 272 g/mol. The Labute approximate surface area is 119 Å². The summed E-state index contributed by atoms with van der Waals surface area (Å²) >= 11 is 1.77. The molecule has 0 amide bonds. The van der Waals surface area contributed by atoms with Crippen LogP contribution >= 0.6 is 11.8 Å². The van der Waals surface area contributed by atoms with Gasteiger partial charge in [0.25, 0.3) is 0 Å². The number of hydrogen-bond acceptors (Lipinski definition) is 3. The van der Waals surface area contributed by atoms with Gasteiger partial charge in [-0.25, -0.2) is 4.98 Å². The molecule has 0 bridgehead atoms. The third-order valence-electron chi connectivity index (χ3n) is 3.11. The number of pyridine rings is 1. The Balaban J connectivity index is 2.16. The van der Waals surface area contributed by atoms with E-state index in [1.165, 1.54) is 22.3 Å². The van der Waals surface area contributed by atoms with E-state index in [0.717, 1.165) is 16.3 Å². The van der Waals surface area contributed by atoms with Crippen LogP contribution in [0.15, 0.2) is 35.5 Å². The van der Waals surface area contributed by atoms with Gasteiger partial charge in [0.05, 0.1) is 0 Å². The summed E-state index contributed by atoms with van der Waals surface area (Å²) in [7, 11) is 0. The number of nitrogens with two attached hydrogens (primary N) is 1. The lowest BCUT2D eigenvalue weighted by Crippen LogP contribution is -2.03. The van der Waals surface area contributed by atoms with Crippen molar-refractivity contribution < 1.29 is 0 Å². The third-order valence-corrected chi connectivity index (χ3v) is 4.21. The molecular formula is C16H20N2S. The Hall–Kier alpha value is -1.32. The van der Waals surface area contributed by atoms with E-state index in [1.807, 2.05) is 12.3 Å². The van der Waals surface area contributed by atoms with Gasteiger partial charge in [0.2, 0.25) is 0 Å². The lowest BCUT2D eigenvalue weighted by molar-refractivity contribution is 0.942. The van der Waals surface area contributed by atoms with Crippen molar-refractivity contribution in [2.24, 2.45) is 5.73 Å². The minimum Gasteiger partial charge on any atom is -0.326 e. The van der Waals surface area contributed by atoms with Crippen molar-refractivity contribution in [3.8, 4) is 0 Å². The van der Waals surface area contributed by atoms with Crippen molar-refractivity contribution in [3.63, 3.8) is 0 Å². The van der Waals surface area contributed by atoms with Crippen LogP contribution < -0.4 is 5.73 Å². The predicted molar refractivity (Wildman–Crippen MR) is 82.3 cm³/mol. The molecule has 1 aromatic heterocycles. The normalized spacial score (nSPS) is 10.7. The molecule has 2 nitrogen and oxygen atoms in total. The van der Waals surface area contributed by atoms with Crippen LogP contribution in [0.25, 0.3) is 0 Å². The van der Waals surface area contributed by atoms with Gasteiger partial charge in [-0.1, -0.05) is 29.3 Å². The first-order chi connectivity index (χ1) is 9.10. The van der Waals surface area contributed by atoms with E-state index in [9.17, 15) is 0 Å². The molecule has 0 aliphatic heterocycles. The summed E-state index contributed by atoms with van der Waals surface area (Å²) in [6.07, 6.45) is 1.86. The fraction of sp³-hybridized carbons (Fsp3) is 0.312. The van der Waals surface area contributed by atoms with Crippen LogP contribution in [0.2, 0.25) is 0 Å². The smallest absolute Gasteiger partial charge is 0.101 e. The van der Waals surface area contributed by atoms with E-state index in [4.69, 9.17) is 5.73 Å². The monoisotopic (exact) mass is 272 g/mol. The standard InChI is InChI=1S/C16H20N2S/c1-11-6-12(2)8-14(7-11)10-19-16-15(9-17)13(3)4-5-18-16/h4-8H,9-10,17H2,1-3H3. The van der Waals surface area contributed by atoms with E-state index in [1.54, 1.807) is 11.8 Å². The highest BCUT2D eigenvalue weighted by Gasteiger charge is 2.06. The largest absolute Gasteiger partial charge is 0.326 e. The van der Waals surface area contributed by atoms with E-state index in [2.05, 4.69) is 44.0 Å². The van der Waals surface area contributed by atoms with Gasteiger partial charge in [0, 0.05) is 24.1 Å². The second kappa shape index (κ2) is 6.22. The van der Waals surface area contributed by atoms with E-state index < -0.39 is 0 Å². The molecule has 0 radical (unpaired) electrons. The molecule has 0 saturated carbocycles. The summed E-state index contributed by atoms with van der Waals surface area (Å²) in [5.41, 5.74) is 12.2. The van der Waals surface area contributed by atoms with Gasteiger partial charge >= 0.3 is 0 Å². The first-order valence-corrected chi connectivity index (χ1v) is 7.43. The first kappa shape index (κ1) is 14.1. The highest BCUT2D eigenvalue weighted by molar-refractivity contribution is 7.98. The van der Waals surface area contributed by atoms with Crippen molar-refractivity contribution in [2.45, 2.75) is 38.1 Å². The molecule has 2 N–H and O–H groups in total. The molecule has 2 aromatic rings. The van der Waals surface area contributed by atoms with Crippen LogP contribution in [0.4, 0.5) is 0 Å². The Kier molecular flexibility index (Phi) is 4.61. The zero-order valence-corrected chi connectivity index (χ0v) is 12.6. The van der Waals surface area contributed by atoms with Gasteiger partial charge in [-0.3, -0.25) is 0 Å². The zero-order valence-electron chi connectivity index (χ0n) is 11.7. The number of aryl methyl sites for hydroxylation is 3. The predicted octanol–water partition coefficient (Wildman–Crippen LogP) is 3.76. The van der Waals surface area contributed by atoms with Gasteiger partial charge < -0.3 is 5.73 Å². The number of aromatic nitrogens is 1. The molecule has 0 atom stereocenters. The second-order valence-electron chi connectivity index (χ2n) is 4.90. The molecule has 0 saturated heterocycles. The lowest BCUT2D eigenvalue weighted by atomic mass is 10.1. The Morgan fingerprint density at radius 3 is 2.42 bits per heavy atom. The molecule has 0 aliphatic carbocycles. The van der Waals surface area contributed by atoms with Crippen LogP contribution in [0.1, 0.15) is 27.8 Å². The summed E-state index contributed by atoms with van der Waals surface area (Å²) in [5, 5.41) is 1.06. The minimum atomic E-state index is 0.550. The van der Waals surface area contributed by atoms with Crippen LogP contribution in [0, 0.1) is 20.8 Å². The van der Waals surface area contributed by atoms with Crippen molar-refractivity contribution in [3.05, 3.63) is 58.3 Å². The van der Waals surface area contributed by atoms with E-state index in [0.29, 0.717) is 6.54 Å². The molecule has 0 unspecified atom stereocenters. The molecule has 1 aromatic carbocycles. The fourth-order valence-corrected chi connectivity index (χ4v) is 3.26. The zero-order chi connectivity index (χ0) is 13.8. The molecule has 0 fully saturated rings. The summed E-state index contributed by atoms with van der Waals surface area (Å²) in [6.45, 7) is 6.91. The summed E-state index contributed by atoms with van der Waals surface area (Å²) in [4.78, 5) is 4.45.